The van der Waals surface area contributed by atoms with Gasteiger partial charge >= 0.3 is 0 Å². The number of aliphatic hydroxyl groups excluding tert-OH is 1. The maximum absolute atomic E-state index is 9.22. The van der Waals surface area contributed by atoms with E-state index < -0.39 is 0 Å². The highest BCUT2D eigenvalue weighted by Gasteiger charge is 2.08. The molecule has 0 aliphatic rings. The van der Waals surface area contributed by atoms with Crippen LogP contribution in [-0.2, 0) is 13.1 Å². The van der Waals surface area contributed by atoms with Gasteiger partial charge in [-0.25, -0.2) is 4.99 Å². The summed E-state index contributed by atoms with van der Waals surface area (Å²) in [5.74, 6) is 1.30. The Bertz CT molecular complexity index is 663. The van der Waals surface area contributed by atoms with Crippen LogP contribution in [0.3, 0.4) is 0 Å². The second kappa shape index (κ2) is 12.1. The van der Waals surface area contributed by atoms with Gasteiger partial charge in [0.05, 0.1) is 13.1 Å². The lowest BCUT2D eigenvalue weighted by atomic mass is 10.0. The molecule has 3 N–H and O–H groups in total. The van der Waals surface area contributed by atoms with Crippen LogP contribution in [0.15, 0.2) is 47.7 Å². The molecule has 0 amide bonds. The van der Waals surface area contributed by atoms with Gasteiger partial charge in [-0.15, -0.1) is 0 Å². The van der Waals surface area contributed by atoms with Crippen molar-refractivity contribution in [2.75, 3.05) is 19.7 Å². The van der Waals surface area contributed by atoms with Crippen LogP contribution in [0.1, 0.15) is 44.2 Å². The third-order valence-electron chi connectivity index (χ3n) is 4.45. The summed E-state index contributed by atoms with van der Waals surface area (Å²) in [7, 11) is 0. The van der Waals surface area contributed by atoms with Gasteiger partial charge in [0.15, 0.2) is 5.96 Å². The molecule has 0 fully saturated rings. The topological polar surface area (TPSA) is 74.5 Å². The monoisotopic (exact) mass is 371 g/mol. The van der Waals surface area contributed by atoms with Crippen molar-refractivity contribution in [3.8, 4) is 0 Å². The lowest BCUT2D eigenvalue weighted by Gasteiger charge is -2.18. The maximum Gasteiger partial charge on any atom is 0.191 e. The molecule has 0 spiro atoms. The summed E-state index contributed by atoms with van der Waals surface area (Å²) in [6.07, 6.45) is 6.84. The summed E-state index contributed by atoms with van der Waals surface area (Å²) in [5.41, 5.74) is 2.40. The fourth-order valence-corrected chi connectivity index (χ4v) is 3.10. The van der Waals surface area contributed by atoms with Crippen molar-refractivity contribution in [3.05, 3.63) is 53.9 Å². The standard InChI is InChI=1S/C21H33N5O/c1-3-7-18(10-13-27)15-23-21(22-4-2)24-16-19-8-5-9-20(14-19)17-26-12-6-11-25-26/h5-6,8-9,11-12,14,18,27H,3-4,7,10,13,15-17H2,1-2H3,(H2,22,23,24). The third-order valence-corrected chi connectivity index (χ3v) is 4.45. The average Bonchev–Trinajstić information content (AvgIpc) is 3.17. The number of hydrogen-bond acceptors (Lipinski definition) is 3. The molecule has 1 atom stereocenters. The van der Waals surface area contributed by atoms with E-state index in [1.165, 1.54) is 11.1 Å². The molecule has 1 heterocycles. The number of rotatable bonds is 11. The van der Waals surface area contributed by atoms with Gasteiger partial charge in [-0.1, -0.05) is 37.6 Å². The van der Waals surface area contributed by atoms with Gasteiger partial charge in [-0.3, -0.25) is 4.68 Å². The first-order valence-corrected chi connectivity index (χ1v) is 9.93. The molecule has 27 heavy (non-hydrogen) atoms. The summed E-state index contributed by atoms with van der Waals surface area (Å²) >= 11 is 0. The van der Waals surface area contributed by atoms with Crippen LogP contribution in [0, 0.1) is 5.92 Å². The van der Waals surface area contributed by atoms with E-state index >= 15 is 0 Å². The van der Waals surface area contributed by atoms with Gasteiger partial charge < -0.3 is 15.7 Å². The van der Waals surface area contributed by atoms with E-state index in [0.717, 1.165) is 44.9 Å². The van der Waals surface area contributed by atoms with Crippen molar-refractivity contribution in [1.29, 1.82) is 0 Å². The summed E-state index contributed by atoms with van der Waals surface area (Å²) in [6.45, 7) is 7.54. The predicted octanol–water partition coefficient (Wildman–Crippen LogP) is 2.79. The second-order valence-corrected chi connectivity index (χ2v) is 6.77. The first-order chi connectivity index (χ1) is 13.2. The van der Waals surface area contributed by atoms with E-state index in [4.69, 9.17) is 4.99 Å². The number of hydrogen-bond donors (Lipinski definition) is 3. The van der Waals surface area contributed by atoms with Gasteiger partial charge in [0, 0.05) is 32.1 Å². The molecular formula is C21H33N5O. The van der Waals surface area contributed by atoms with Gasteiger partial charge in [0.25, 0.3) is 0 Å². The minimum absolute atomic E-state index is 0.239. The number of aliphatic hydroxyl groups is 1. The Labute approximate surface area is 162 Å². The van der Waals surface area contributed by atoms with Crippen LogP contribution in [0.5, 0.6) is 0 Å². The van der Waals surface area contributed by atoms with E-state index in [0.29, 0.717) is 12.5 Å². The molecule has 0 aliphatic carbocycles. The van der Waals surface area contributed by atoms with E-state index in [-0.39, 0.29) is 6.61 Å². The lowest BCUT2D eigenvalue weighted by Crippen LogP contribution is -2.40. The van der Waals surface area contributed by atoms with Gasteiger partial charge in [-0.05, 0) is 42.9 Å². The van der Waals surface area contributed by atoms with Crippen molar-refractivity contribution < 1.29 is 5.11 Å². The van der Waals surface area contributed by atoms with Crippen molar-refractivity contribution >= 4 is 5.96 Å². The molecule has 0 bridgehead atoms. The highest BCUT2D eigenvalue weighted by Crippen LogP contribution is 2.10. The number of benzene rings is 1. The molecule has 148 valence electrons. The number of nitrogens with zero attached hydrogens (tertiary/aromatic N) is 3. The molecule has 6 nitrogen and oxygen atoms in total. The average molecular weight is 372 g/mol. The minimum atomic E-state index is 0.239. The number of nitrogens with one attached hydrogen (secondary N) is 2. The number of aromatic nitrogens is 2. The van der Waals surface area contributed by atoms with Crippen molar-refractivity contribution in [3.63, 3.8) is 0 Å². The smallest absolute Gasteiger partial charge is 0.191 e. The van der Waals surface area contributed by atoms with Crippen LogP contribution in [0.4, 0.5) is 0 Å². The molecule has 1 aromatic heterocycles. The maximum atomic E-state index is 9.22. The quantitative estimate of drug-likeness (QED) is 0.419. The van der Waals surface area contributed by atoms with E-state index in [9.17, 15) is 5.11 Å². The Morgan fingerprint density at radius 1 is 1.19 bits per heavy atom. The van der Waals surface area contributed by atoms with Crippen molar-refractivity contribution in [1.82, 2.24) is 20.4 Å². The van der Waals surface area contributed by atoms with Gasteiger partial charge in [0.2, 0.25) is 0 Å². The first kappa shape index (κ1) is 21.0. The van der Waals surface area contributed by atoms with E-state index in [1.807, 2.05) is 16.9 Å². The SMILES string of the molecule is CCCC(CCO)CNC(=NCc1cccc(Cn2cccn2)c1)NCC. The van der Waals surface area contributed by atoms with E-state index in [1.54, 1.807) is 6.20 Å². The Hall–Kier alpha value is -2.34. The van der Waals surface area contributed by atoms with Crippen LogP contribution in [0.25, 0.3) is 0 Å². The fraction of sp³-hybridized carbons (Fsp3) is 0.524. The Morgan fingerprint density at radius 2 is 2.04 bits per heavy atom. The van der Waals surface area contributed by atoms with Crippen LogP contribution in [0.2, 0.25) is 0 Å². The second-order valence-electron chi connectivity index (χ2n) is 6.77. The third kappa shape index (κ3) is 7.83. The summed E-state index contributed by atoms with van der Waals surface area (Å²) in [5, 5.41) is 20.2. The first-order valence-electron chi connectivity index (χ1n) is 9.93. The van der Waals surface area contributed by atoms with Gasteiger partial charge in [0.1, 0.15) is 0 Å². The molecule has 0 saturated heterocycles. The minimum Gasteiger partial charge on any atom is -0.396 e. The summed E-state index contributed by atoms with van der Waals surface area (Å²) in [4.78, 5) is 4.72. The Kier molecular flexibility index (Phi) is 9.41. The molecule has 6 heteroatoms. The lowest BCUT2D eigenvalue weighted by molar-refractivity contribution is 0.251. The van der Waals surface area contributed by atoms with Crippen LogP contribution in [-0.4, -0.2) is 40.5 Å². The van der Waals surface area contributed by atoms with Crippen molar-refractivity contribution in [2.45, 2.75) is 46.2 Å². The molecule has 2 rings (SSSR count). The molecule has 1 aromatic carbocycles. The van der Waals surface area contributed by atoms with Crippen LogP contribution < -0.4 is 10.6 Å². The number of guanidine groups is 1. The fourth-order valence-electron chi connectivity index (χ4n) is 3.10. The zero-order valence-corrected chi connectivity index (χ0v) is 16.6. The normalized spacial score (nSPS) is 12.8. The van der Waals surface area contributed by atoms with Crippen molar-refractivity contribution in [2.24, 2.45) is 10.9 Å². The molecule has 0 saturated carbocycles. The molecule has 1 unspecified atom stereocenters. The van der Waals surface area contributed by atoms with Gasteiger partial charge in [-0.2, -0.15) is 5.10 Å². The molecule has 0 aliphatic heterocycles. The Morgan fingerprint density at radius 3 is 2.74 bits per heavy atom. The predicted molar refractivity (Wildman–Crippen MR) is 111 cm³/mol. The zero-order chi connectivity index (χ0) is 19.3. The zero-order valence-electron chi connectivity index (χ0n) is 16.6. The highest BCUT2D eigenvalue weighted by molar-refractivity contribution is 5.79. The molecule has 2 aromatic rings. The largest absolute Gasteiger partial charge is 0.396 e. The molecular weight excluding hydrogens is 338 g/mol. The summed E-state index contributed by atoms with van der Waals surface area (Å²) < 4.78 is 1.92. The Balaban J connectivity index is 1.94. The van der Waals surface area contributed by atoms with E-state index in [2.05, 4.69) is 53.8 Å². The summed E-state index contributed by atoms with van der Waals surface area (Å²) in [6, 6.07) is 10.4. The number of aliphatic imine (C=N–C) groups is 1. The van der Waals surface area contributed by atoms with Crippen LogP contribution >= 0.6 is 0 Å². The molecule has 0 radical (unpaired) electrons. The highest BCUT2D eigenvalue weighted by atomic mass is 16.3.